The summed E-state index contributed by atoms with van der Waals surface area (Å²) in [6, 6.07) is 8.83. The zero-order chi connectivity index (χ0) is 12.1. The largest absolute Gasteiger partial charge is 0.494 e. The van der Waals surface area contributed by atoms with Crippen LogP contribution in [0.2, 0.25) is 0 Å². The Labute approximate surface area is 103 Å². The van der Waals surface area contributed by atoms with Crippen LogP contribution in [0.15, 0.2) is 24.3 Å². The Bertz CT molecular complexity index is 337. The lowest BCUT2D eigenvalue weighted by atomic mass is 10.0. The molecule has 1 aromatic rings. The molecule has 1 fully saturated rings. The molecule has 0 saturated carbocycles. The van der Waals surface area contributed by atoms with Gasteiger partial charge in [0, 0.05) is 12.6 Å². The highest BCUT2D eigenvalue weighted by Gasteiger charge is 2.25. The van der Waals surface area contributed by atoms with Crippen LogP contribution in [-0.2, 0) is 0 Å². The van der Waals surface area contributed by atoms with Crippen molar-refractivity contribution in [3.8, 4) is 5.75 Å². The molecule has 1 unspecified atom stereocenters. The molecule has 1 aliphatic heterocycles. The van der Waals surface area contributed by atoms with Gasteiger partial charge in [0.1, 0.15) is 5.75 Å². The van der Waals surface area contributed by atoms with E-state index in [1.807, 2.05) is 19.1 Å². The van der Waals surface area contributed by atoms with Gasteiger partial charge in [-0.2, -0.15) is 0 Å². The van der Waals surface area contributed by atoms with Gasteiger partial charge in [-0.25, -0.2) is 0 Å². The second-order valence-electron chi connectivity index (χ2n) is 4.42. The van der Waals surface area contributed by atoms with Gasteiger partial charge in [0.25, 0.3) is 0 Å². The SMILES string of the molecule is CCOc1ccc(C2CCCN2CCO)cc1. The summed E-state index contributed by atoms with van der Waals surface area (Å²) in [4.78, 5) is 2.36. The summed E-state index contributed by atoms with van der Waals surface area (Å²) in [5.41, 5.74) is 1.33. The maximum Gasteiger partial charge on any atom is 0.119 e. The quantitative estimate of drug-likeness (QED) is 0.849. The lowest BCUT2D eigenvalue weighted by molar-refractivity contribution is 0.185. The fourth-order valence-corrected chi connectivity index (χ4v) is 2.55. The van der Waals surface area contributed by atoms with Crippen LogP contribution in [0.3, 0.4) is 0 Å². The molecule has 0 spiro atoms. The highest BCUT2D eigenvalue weighted by atomic mass is 16.5. The number of likely N-dealkylation sites (tertiary alicyclic amines) is 1. The Hall–Kier alpha value is -1.06. The highest BCUT2D eigenvalue weighted by Crippen LogP contribution is 2.32. The van der Waals surface area contributed by atoms with Crippen molar-refractivity contribution in [3.05, 3.63) is 29.8 Å². The molecular weight excluding hydrogens is 214 g/mol. The van der Waals surface area contributed by atoms with Gasteiger partial charge in [0.2, 0.25) is 0 Å². The van der Waals surface area contributed by atoms with Gasteiger partial charge in [-0.05, 0) is 44.0 Å². The molecule has 0 radical (unpaired) electrons. The maximum atomic E-state index is 9.04. The summed E-state index contributed by atoms with van der Waals surface area (Å²) < 4.78 is 5.44. The minimum atomic E-state index is 0.244. The molecule has 0 aliphatic carbocycles. The fraction of sp³-hybridized carbons (Fsp3) is 0.571. The van der Waals surface area contributed by atoms with E-state index in [0.717, 1.165) is 18.8 Å². The molecule has 0 aromatic heterocycles. The molecule has 1 saturated heterocycles. The van der Waals surface area contributed by atoms with Crippen molar-refractivity contribution in [2.24, 2.45) is 0 Å². The Kier molecular flexibility index (Phi) is 4.40. The fourth-order valence-electron chi connectivity index (χ4n) is 2.55. The van der Waals surface area contributed by atoms with E-state index in [2.05, 4.69) is 17.0 Å². The number of ether oxygens (including phenoxy) is 1. The molecule has 94 valence electrons. The summed E-state index contributed by atoms with van der Waals surface area (Å²) in [5, 5.41) is 9.04. The van der Waals surface area contributed by atoms with Gasteiger partial charge in [-0.15, -0.1) is 0 Å². The van der Waals surface area contributed by atoms with Crippen LogP contribution in [-0.4, -0.2) is 36.3 Å². The Morgan fingerprint density at radius 3 is 2.76 bits per heavy atom. The minimum Gasteiger partial charge on any atom is -0.494 e. The first-order valence-corrected chi connectivity index (χ1v) is 6.43. The van der Waals surface area contributed by atoms with E-state index in [1.54, 1.807) is 0 Å². The average Bonchev–Trinajstić information content (AvgIpc) is 2.79. The van der Waals surface area contributed by atoms with E-state index in [0.29, 0.717) is 12.6 Å². The first-order valence-electron chi connectivity index (χ1n) is 6.43. The Morgan fingerprint density at radius 2 is 2.12 bits per heavy atom. The molecular formula is C14H21NO2. The normalized spacial score (nSPS) is 20.7. The molecule has 1 N–H and O–H groups in total. The minimum absolute atomic E-state index is 0.244. The summed E-state index contributed by atoms with van der Waals surface area (Å²) >= 11 is 0. The standard InChI is InChI=1S/C14H21NO2/c1-2-17-13-7-5-12(6-8-13)14-4-3-9-15(14)10-11-16/h5-8,14,16H,2-4,9-11H2,1H3. The first kappa shape index (κ1) is 12.4. The van der Waals surface area contributed by atoms with E-state index in [-0.39, 0.29) is 6.61 Å². The smallest absolute Gasteiger partial charge is 0.119 e. The molecule has 1 aromatic carbocycles. The van der Waals surface area contributed by atoms with E-state index in [4.69, 9.17) is 9.84 Å². The zero-order valence-electron chi connectivity index (χ0n) is 10.4. The lowest BCUT2D eigenvalue weighted by Crippen LogP contribution is -2.26. The van der Waals surface area contributed by atoms with Crippen LogP contribution in [0.1, 0.15) is 31.4 Å². The van der Waals surface area contributed by atoms with Crippen LogP contribution >= 0.6 is 0 Å². The number of benzene rings is 1. The lowest BCUT2D eigenvalue weighted by Gasteiger charge is -2.23. The molecule has 1 atom stereocenters. The Balaban J connectivity index is 2.05. The zero-order valence-corrected chi connectivity index (χ0v) is 10.4. The van der Waals surface area contributed by atoms with E-state index < -0.39 is 0 Å². The van der Waals surface area contributed by atoms with Crippen molar-refractivity contribution in [2.45, 2.75) is 25.8 Å². The third-order valence-corrected chi connectivity index (χ3v) is 3.33. The molecule has 17 heavy (non-hydrogen) atoms. The maximum absolute atomic E-state index is 9.04. The summed E-state index contributed by atoms with van der Waals surface area (Å²) in [6.45, 7) is 4.82. The summed E-state index contributed by atoms with van der Waals surface area (Å²) in [7, 11) is 0. The van der Waals surface area contributed by atoms with Crippen LogP contribution in [0.4, 0.5) is 0 Å². The highest BCUT2D eigenvalue weighted by molar-refractivity contribution is 5.29. The average molecular weight is 235 g/mol. The summed E-state index contributed by atoms with van der Waals surface area (Å²) in [6.07, 6.45) is 2.41. The second kappa shape index (κ2) is 6.03. The topological polar surface area (TPSA) is 32.7 Å². The van der Waals surface area contributed by atoms with Gasteiger partial charge in [-0.3, -0.25) is 4.90 Å². The van der Waals surface area contributed by atoms with Crippen LogP contribution in [0, 0.1) is 0 Å². The molecule has 3 nitrogen and oxygen atoms in total. The number of aliphatic hydroxyl groups excluding tert-OH is 1. The third-order valence-electron chi connectivity index (χ3n) is 3.33. The summed E-state index contributed by atoms with van der Waals surface area (Å²) in [5.74, 6) is 0.933. The van der Waals surface area contributed by atoms with Gasteiger partial charge in [-0.1, -0.05) is 12.1 Å². The number of hydrogen-bond donors (Lipinski definition) is 1. The van der Waals surface area contributed by atoms with Crippen molar-refractivity contribution in [3.63, 3.8) is 0 Å². The van der Waals surface area contributed by atoms with Crippen molar-refractivity contribution in [1.82, 2.24) is 4.90 Å². The van der Waals surface area contributed by atoms with Gasteiger partial charge >= 0.3 is 0 Å². The van der Waals surface area contributed by atoms with Gasteiger partial charge in [0.15, 0.2) is 0 Å². The predicted octanol–water partition coefficient (Wildman–Crippen LogP) is 2.21. The van der Waals surface area contributed by atoms with Crippen molar-refractivity contribution in [1.29, 1.82) is 0 Å². The molecule has 0 amide bonds. The number of rotatable bonds is 5. The first-order chi connectivity index (χ1) is 8.35. The van der Waals surface area contributed by atoms with Crippen LogP contribution < -0.4 is 4.74 Å². The predicted molar refractivity (Wildman–Crippen MR) is 68.2 cm³/mol. The molecule has 1 heterocycles. The van der Waals surface area contributed by atoms with E-state index in [9.17, 15) is 0 Å². The molecule has 0 bridgehead atoms. The Morgan fingerprint density at radius 1 is 1.35 bits per heavy atom. The second-order valence-corrected chi connectivity index (χ2v) is 4.42. The monoisotopic (exact) mass is 235 g/mol. The van der Waals surface area contributed by atoms with Crippen molar-refractivity contribution >= 4 is 0 Å². The third kappa shape index (κ3) is 2.99. The van der Waals surface area contributed by atoms with Crippen molar-refractivity contribution in [2.75, 3.05) is 26.3 Å². The molecule has 1 aliphatic rings. The van der Waals surface area contributed by atoms with Crippen molar-refractivity contribution < 1.29 is 9.84 Å². The van der Waals surface area contributed by atoms with Crippen LogP contribution in [0.5, 0.6) is 5.75 Å². The number of nitrogens with zero attached hydrogens (tertiary/aromatic N) is 1. The van der Waals surface area contributed by atoms with Crippen LogP contribution in [0.25, 0.3) is 0 Å². The van der Waals surface area contributed by atoms with E-state index in [1.165, 1.54) is 18.4 Å². The molecule has 3 heteroatoms. The number of aliphatic hydroxyl groups is 1. The van der Waals surface area contributed by atoms with Gasteiger partial charge < -0.3 is 9.84 Å². The number of hydrogen-bond acceptors (Lipinski definition) is 3. The molecule has 2 rings (SSSR count). The van der Waals surface area contributed by atoms with E-state index >= 15 is 0 Å². The van der Waals surface area contributed by atoms with Gasteiger partial charge in [0.05, 0.1) is 13.2 Å². The number of β-amino-alcohol motifs (C(OH)–C–C–N with tert-alkyl or cyclic N) is 1.